The summed E-state index contributed by atoms with van der Waals surface area (Å²) in [5, 5.41) is 10.9. The van der Waals surface area contributed by atoms with Crippen LogP contribution in [0.3, 0.4) is 0 Å². The highest BCUT2D eigenvalue weighted by Crippen LogP contribution is 2.24. The SMILES string of the molecule is CCCCOc1ccc(/C=C2\N=C(c3ccc([N+](=O)[O-])c(C)c3)OC2=O)cc1. The number of carbonyl (C=O) groups is 1. The third-order valence-electron chi connectivity index (χ3n) is 4.21. The Balaban J connectivity index is 1.78. The van der Waals surface area contributed by atoms with E-state index in [4.69, 9.17) is 9.47 Å². The van der Waals surface area contributed by atoms with E-state index in [2.05, 4.69) is 11.9 Å². The maximum absolute atomic E-state index is 12.1. The number of benzene rings is 2. The van der Waals surface area contributed by atoms with Gasteiger partial charge in [0.2, 0.25) is 5.90 Å². The third kappa shape index (κ3) is 4.43. The highest BCUT2D eigenvalue weighted by atomic mass is 16.6. The predicted molar refractivity (Wildman–Crippen MR) is 105 cm³/mol. The van der Waals surface area contributed by atoms with E-state index < -0.39 is 10.9 Å². The number of aryl methyl sites for hydroxylation is 1. The summed E-state index contributed by atoms with van der Waals surface area (Å²) >= 11 is 0. The Labute approximate surface area is 162 Å². The number of hydrogen-bond acceptors (Lipinski definition) is 6. The maximum atomic E-state index is 12.1. The number of nitro benzene ring substituents is 1. The Hall–Kier alpha value is -3.48. The van der Waals surface area contributed by atoms with E-state index in [9.17, 15) is 14.9 Å². The van der Waals surface area contributed by atoms with Gasteiger partial charge in [-0.1, -0.05) is 25.5 Å². The molecule has 0 N–H and O–H groups in total. The van der Waals surface area contributed by atoms with E-state index in [0.29, 0.717) is 17.7 Å². The lowest BCUT2D eigenvalue weighted by Crippen LogP contribution is -2.06. The van der Waals surface area contributed by atoms with Gasteiger partial charge in [0.15, 0.2) is 5.70 Å². The zero-order valence-corrected chi connectivity index (χ0v) is 15.7. The molecule has 144 valence electrons. The first-order valence-electron chi connectivity index (χ1n) is 8.98. The normalized spacial score (nSPS) is 14.7. The molecule has 2 aromatic rings. The summed E-state index contributed by atoms with van der Waals surface area (Å²) in [6, 6.07) is 11.8. The van der Waals surface area contributed by atoms with Crippen LogP contribution in [0.25, 0.3) is 6.08 Å². The Bertz CT molecular complexity index is 961. The molecular weight excluding hydrogens is 360 g/mol. The van der Waals surface area contributed by atoms with Crippen molar-refractivity contribution in [3.8, 4) is 5.75 Å². The lowest BCUT2D eigenvalue weighted by Gasteiger charge is -2.05. The first kappa shape index (κ1) is 19.3. The average Bonchev–Trinajstić information content (AvgIpc) is 3.03. The number of nitrogens with zero attached hydrogens (tertiary/aromatic N) is 2. The van der Waals surface area contributed by atoms with Crippen LogP contribution in [0.4, 0.5) is 5.69 Å². The molecular formula is C21H20N2O5. The monoisotopic (exact) mass is 380 g/mol. The van der Waals surface area contributed by atoms with Crippen LogP contribution in [-0.4, -0.2) is 23.4 Å². The highest BCUT2D eigenvalue weighted by Gasteiger charge is 2.25. The Morgan fingerprint density at radius 3 is 2.61 bits per heavy atom. The number of unbranched alkanes of at least 4 members (excludes halogenated alkanes) is 1. The molecule has 7 nitrogen and oxygen atoms in total. The number of ether oxygens (including phenoxy) is 2. The summed E-state index contributed by atoms with van der Waals surface area (Å²) < 4.78 is 10.8. The fourth-order valence-electron chi connectivity index (χ4n) is 2.68. The molecule has 0 saturated carbocycles. The van der Waals surface area contributed by atoms with Gasteiger partial charge in [-0.3, -0.25) is 10.1 Å². The lowest BCUT2D eigenvalue weighted by molar-refractivity contribution is -0.385. The fourth-order valence-corrected chi connectivity index (χ4v) is 2.68. The lowest BCUT2D eigenvalue weighted by atomic mass is 10.1. The highest BCUT2D eigenvalue weighted by molar-refractivity contribution is 6.13. The molecule has 28 heavy (non-hydrogen) atoms. The molecule has 7 heteroatoms. The first-order chi connectivity index (χ1) is 13.5. The molecule has 0 unspecified atom stereocenters. The Kier molecular flexibility index (Phi) is 5.84. The maximum Gasteiger partial charge on any atom is 0.363 e. The number of cyclic esters (lactones) is 1. The van der Waals surface area contributed by atoms with Crippen LogP contribution in [0.5, 0.6) is 5.75 Å². The molecule has 0 radical (unpaired) electrons. The van der Waals surface area contributed by atoms with Crippen LogP contribution in [0.2, 0.25) is 0 Å². The molecule has 1 aliphatic heterocycles. The summed E-state index contributed by atoms with van der Waals surface area (Å²) in [6.45, 7) is 4.40. The second-order valence-corrected chi connectivity index (χ2v) is 6.37. The topological polar surface area (TPSA) is 91.0 Å². The number of carbonyl (C=O) groups excluding carboxylic acids is 1. The summed E-state index contributed by atoms with van der Waals surface area (Å²) in [4.78, 5) is 26.8. The largest absolute Gasteiger partial charge is 0.494 e. The molecule has 2 aromatic carbocycles. The van der Waals surface area contributed by atoms with Crippen molar-refractivity contribution in [3.05, 3.63) is 75.0 Å². The standard InChI is InChI=1S/C21H20N2O5/c1-3-4-11-27-17-8-5-15(6-9-17)13-18-21(24)28-20(22-18)16-7-10-19(23(25)26)14(2)12-16/h5-10,12-13H,3-4,11H2,1-2H3/b18-13-. The van der Waals surface area contributed by atoms with Crippen LogP contribution in [-0.2, 0) is 9.53 Å². The number of aliphatic imine (C=N–C) groups is 1. The van der Waals surface area contributed by atoms with Crippen molar-refractivity contribution in [2.45, 2.75) is 26.7 Å². The van der Waals surface area contributed by atoms with E-state index in [1.54, 1.807) is 19.1 Å². The predicted octanol–water partition coefficient (Wildman–Crippen LogP) is 4.43. The van der Waals surface area contributed by atoms with Crippen molar-refractivity contribution in [1.82, 2.24) is 0 Å². The molecule has 3 rings (SSSR count). The molecule has 0 fully saturated rings. The van der Waals surface area contributed by atoms with Gasteiger partial charge in [-0.25, -0.2) is 9.79 Å². The molecule has 0 aliphatic carbocycles. The van der Waals surface area contributed by atoms with Crippen LogP contribution < -0.4 is 4.74 Å². The number of esters is 1. The molecule has 0 atom stereocenters. The van der Waals surface area contributed by atoms with Crippen molar-refractivity contribution in [2.24, 2.45) is 4.99 Å². The molecule has 1 aliphatic rings. The molecule has 0 spiro atoms. The van der Waals surface area contributed by atoms with Crippen LogP contribution in [0.1, 0.15) is 36.5 Å². The zero-order chi connectivity index (χ0) is 20.1. The van der Waals surface area contributed by atoms with Gasteiger partial charge in [-0.2, -0.15) is 0 Å². The van der Waals surface area contributed by atoms with Crippen molar-refractivity contribution in [1.29, 1.82) is 0 Å². The molecule has 0 amide bonds. The minimum Gasteiger partial charge on any atom is -0.494 e. The van der Waals surface area contributed by atoms with E-state index in [-0.39, 0.29) is 17.3 Å². The molecule has 0 bridgehead atoms. The van der Waals surface area contributed by atoms with Crippen molar-refractivity contribution < 1.29 is 19.2 Å². The van der Waals surface area contributed by atoms with E-state index in [1.165, 1.54) is 12.1 Å². The van der Waals surface area contributed by atoms with Gasteiger partial charge >= 0.3 is 5.97 Å². The van der Waals surface area contributed by atoms with Crippen LogP contribution in [0, 0.1) is 17.0 Å². The quantitative estimate of drug-likeness (QED) is 0.233. The van der Waals surface area contributed by atoms with Gasteiger partial charge in [0.1, 0.15) is 5.75 Å². The van der Waals surface area contributed by atoms with Gasteiger partial charge in [0.05, 0.1) is 11.5 Å². The van der Waals surface area contributed by atoms with Gasteiger partial charge in [0.25, 0.3) is 5.69 Å². The Morgan fingerprint density at radius 2 is 1.96 bits per heavy atom. The molecule has 1 heterocycles. The average molecular weight is 380 g/mol. The number of rotatable bonds is 7. The summed E-state index contributed by atoms with van der Waals surface area (Å²) in [5.41, 5.74) is 1.95. The number of hydrogen-bond donors (Lipinski definition) is 0. The zero-order valence-electron chi connectivity index (χ0n) is 15.7. The van der Waals surface area contributed by atoms with Crippen LogP contribution >= 0.6 is 0 Å². The summed E-state index contributed by atoms with van der Waals surface area (Å²) in [6.07, 6.45) is 3.70. The van der Waals surface area contributed by atoms with Crippen LogP contribution in [0.15, 0.2) is 53.2 Å². The van der Waals surface area contributed by atoms with Crippen molar-refractivity contribution >= 4 is 23.6 Å². The first-order valence-corrected chi connectivity index (χ1v) is 8.98. The minimum atomic E-state index is -0.561. The third-order valence-corrected chi connectivity index (χ3v) is 4.21. The second kappa shape index (κ2) is 8.47. The molecule has 0 saturated heterocycles. The minimum absolute atomic E-state index is 0.00526. The second-order valence-electron chi connectivity index (χ2n) is 6.37. The van der Waals surface area contributed by atoms with E-state index in [1.807, 2.05) is 24.3 Å². The smallest absolute Gasteiger partial charge is 0.363 e. The van der Waals surface area contributed by atoms with Gasteiger partial charge in [-0.05, 0) is 49.2 Å². The number of nitro groups is 1. The van der Waals surface area contributed by atoms with Gasteiger partial charge in [0, 0.05) is 17.2 Å². The van der Waals surface area contributed by atoms with Gasteiger partial charge in [-0.15, -0.1) is 0 Å². The fraction of sp³-hybridized carbons (Fsp3) is 0.238. The summed E-state index contributed by atoms with van der Waals surface area (Å²) in [7, 11) is 0. The van der Waals surface area contributed by atoms with Crippen molar-refractivity contribution in [3.63, 3.8) is 0 Å². The van der Waals surface area contributed by atoms with Gasteiger partial charge < -0.3 is 9.47 Å². The van der Waals surface area contributed by atoms with E-state index >= 15 is 0 Å². The molecule has 0 aromatic heterocycles. The van der Waals surface area contributed by atoms with Crippen molar-refractivity contribution in [2.75, 3.05) is 6.61 Å². The van der Waals surface area contributed by atoms with E-state index in [0.717, 1.165) is 24.2 Å². The Morgan fingerprint density at radius 1 is 1.21 bits per heavy atom. The summed E-state index contributed by atoms with van der Waals surface area (Å²) in [5.74, 6) is 0.346.